The molecule has 3 aliphatic heterocycles. The highest BCUT2D eigenvalue weighted by Crippen LogP contribution is 2.55. The third-order valence-electron chi connectivity index (χ3n) is 6.62. The van der Waals surface area contributed by atoms with Crippen molar-refractivity contribution in [2.45, 2.75) is 70.1 Å². The molecule has 1 saturated carbocycles. The zero-order chi connectivity index (χ0) is 18.5. The van der Waals surface area contributed by atoms with Gasteiger partial charge in [-0.1, -0.05) is 0 Å². The molecule has 3 unspecified atom stereocenters. The molecule has 0 aromatic rings. The largest absolute Gasteiger partial charge is 0.444 e. The summed E-state index contributed by atoms with van der Waals surface area (Å²) in [4.78, 5) is 16.8. The van der Waals surface area contributed by atoms with Gasteiger partial charge in [0.25, 0.3) is 0 Å². The van der Waals surface area contributed by atoms with Crippen LogP contribution in [-0.2, 0) is 4.74 Å². The minimum Gasteiger partial charge on any atom is -0.444 e. The van der Waals surface area contributed by atoms with Crippen molar-refractivity contribution in [2.75, 3.05) is 33.3 Å². The van der Waals surface area contributed by atoms with Gasteiger partial charge < -0.3 is 24.7 Å². The molecule has 1 amide bonds. The normalized spacial score (nSPS) is 35.7. The van der Waals surface area contributed by atoms with Gasteiger partial charge >= 0.3 is 6.09 Å². The molecule has 2 bridgehead atoms. The SMILES string of the molecule is CN1CCC(O)(C2(CO)CC3CCC2N(C(=O)OC(C)(C)C)C3)CC1. The fourth-order valence-electron chi connectivity index (χ4n) is 5.26. The van der Waals surface area contributed by atoms with Crippen molar-refractivity contribution in [3.05, 3.63) is 0 Å². The van der Waals surface area contributed by atoms with Gasteiger partial charge in [0, 0.05) is 31.1 Å². The number of amides is 1. The molecule has 0 aromatic heterocycles. The molecule has 6 heteroatoms. The van der Waals surface area contributed by atoms with E-state index in [-0.39, 0.29) is 18.7 Å². The van der Waals surface area contributed by atoms with Crippen LogP contribution in [-0.4, -0.2) is 76.6 Å². The quantitative estimate of drug-likeness (QED) is 0.792. The van der Waals surface area contributed by atoms with E-state index < -0.39 is 16.6 Å². The van der Waals surface area contributed by atoms with Gasteiger partial charge in [-0.3, -0.25) is 0 Å². The second-order valence-corrected chi connectivity index (χ2v) is 9.45. The summed E-state index contributed by atoms with van der Waals surface area (Å²) in [6.45, 7) is 7.86. The lowest BCUT2D eigenvalue weighted by molar-refractivity contribution is -0.209. The highest BCUT2D eigenvalue weighted by molar-refractivity contribution is 5.69. The number of rotatable bonds is 2. The van der Waals surface area contributed by atoms with Crippen molar-refractivity contribution in [3.63, 3.8) is 0 Å². The third-order valence-corrected chi connectivity index (χ3v) is 6.62. The summed E-state index contributed by atoms with van der Waals surface area (Å²) in [7, 11) is 2.06. The lowest BCUT2D eigenvalue weighted by atomic mass is 9.53. The van der Waals surface area contributed by atoms with E-state index in [4.69, 9.17) is 4.74 Å². The lowest BCUT2D eigenvalue weighted by Crippen LogP contribution is -2.71. The van der Waals surface area contributed by atoms with E-state index in [0.29, 0.717) is 25.3 Å². The average molecular weight is 354 g/mol. The van der Waals surface area contributed by atoms with E-state index in [1.807, 2.05) is 20.8 Å². The number of aliphatic hydroxyl groups excluding tert-OH is 1. The van der Waals surface area contributed by atoms with Gasteiger partial charge in [-0.2, -0.15) is 0 Å². The molecule has 3 atom stereocenters. The van der Waals surface area contributed by atoms with E-state index in [1.54, 1.807) is 4.90 Å². The van der Waals surface area contributed by atoms with Crippen LogP contribution in [0.15, 0.2) is 0 Å². The summed E-state index contributed by atoms with van der Waals surface area (Å²) in [6.07, 6.45) is 3.68. The topological polar surface area (TPSA) is 73.2 Å². The van der Waals surface area contributed by atoms with Crippen molar-refractivity contribution in [1.82, 2.24) is 9.80 Å². The fraction of sp³-hybridized carbons (Fsp3) is 0.947. The van der Waals surface area contributed by atoms with Crippen LogP contribution in [0.5, 0.6) is 0 Å². The zero-order valence-electron chi connectivity index (χ0n) is 16.1. The van der Waals surface area contributed by atoms with E-state index in [1.165, 1.54) is 0 Å². The number of aliphatic hydroxyl groups is 2. The number of piperidine rings is 3. The van der Waals surface area contributed by atoms with E-state index in [0.717, 1.165) is 32.4 Å². The van der Waals surface area contributed by atoms with Crippen molar-refractivity contribution < 1.29 is 19.7 Å². The van der Waals surface area contributed by atoms with E-state index in [9.17, 15) is 15.0 Å². The molecular weight excluding hydrogens is 320 g/mol. The second-order valence-electron chi connectivity index (χ2n) is 9.45. The summed E-state index contributed by atoms with van der Waals surface area (Å²) in [5, 5.41) is 22.0. The van der Waals surface area contributed by atoms with Crippen molar-refractivity contribution in [2.24, 2.45) is 11.3 Å². The van der Waals surface area contributed by atoms with Gasteiger partial charge in [0.15, 0.2) is 0 Å². The maximum atomic E-state index is 12.8. The average Bonchev–Trinajstić information content (AvgIpc) is 2.56. The maximum absolute atomic E-state index is 12.8. The van der Waals surface area contributed by atoms with Gasteiger partial charge in [-0.05, 0) is 65.8 Å². The number of carbonyl (C=O) groups is 1. The molecule has 144 valence electrons. The summed E-state index contributed by atoms with van der Waals surface area (Å²) in [6, 6.07) is -0.147. The van der Waals surface area contributed by atoms with E-state index in [2.05, 4.69) is 11.9 Å². The van der Waals surface area contributed by atoms with Crippen LogP contribution < -0.4 is 0 Å². The monoisotopic (exact) mass is 354 g/mol. The lowest BCUT2D eigenvalue weighted by Gasteiger charge is -2.62. The van der Waals surface area contributed by atoms with Crippen LogP contribution in [0.1, 0.15) is 52.9 Å². The molecule has 0 radical (unpaired) electrons. The van der Waals surface area contributed by atoms with Crippen molar-refractivity contribution >= 4 is 6.09 Å². The number of hydrogen-bond donors (Lipinski definition) is 2. The van der Waals surface area contributed by atoms with E-state index >= 15 is 0 Å². The van der Waals surface area contributed by atoms with Crippen LogP contribution in [0, 0.1) is 11.3 Å². The zero-order valence-corrected chi connectivity index (χ0v) is 16.1. The Hall–Kier alpha value is -0.850. The molecule has 0 aromatic carbocycles. The fourth-order valence-corrected chi connectivity index (χ4v) is 5.26. The second kappa shape index (κ2) is 6.39. The van der Waals surface area contributed by atoms with Crippen LogP contribution in [0.3, 0.4) is 0 Å². The summed E-state index contributed by atoms with van der Waals surface area (Å²) < 4.78 is 5.62. The number of hydrogen-bond acceptors (Lipinski definition) is 5. The number of fused-ring (bicyclic) bond motifs is 3. The van der Waals surface area contributed by atoms with Gasteiger partial charge in [-0.25, -0.2) is 4.79 Å². The molecule has 2 N–H and O–H groups in total. The highest BCUT2D eigenvalue weighted by Gasteiger charge is 2.62. The summed E-state index contributed by atoms with van der Waals surface area (Å²) in [5.74, 6) is 0.327. The minimum absolute atomic E-state index is 0.0757. The summed E-state index contributed by atoms with van der Waals surface area (Å²) >= 11 is 0. The summed E-state index contributed by atoms with van der Waals surface area (Å²) in [5.41, 5.74) is -2.09. The Morgan fingerprint density at radius 1 is 1.24 bits per heavy atom. The molecule has 3 saturated heterocycles. The van der Waals surface area contributed by atoms with Crippen LogP contribution in [0.4, 0.5) is 4.79 Å². The number of nitrogens with zero attached hydrogens (tertiary/aromatic N) is 2. The molecular formula is C19H34N2O4. The molecule has 4 aliphatic rings. The first-order chi connectivity index (χ1) is 11.6. The molecule has 4 rings (SSSR count). The first kappa shape index (κ1) is 18.9. The van der Waals surface area contributed by atoms with Crippen LogP contribution in [0.25, 0.3) is 0 Å². The Labute approximate surface area is 151 Å². The van der Waals surface area contributed by atoms with Crippen LogP contribution >= 0.6 is 0 Å². The standard InChI is InChI=1S/C19H34N2O4/c1-17(2,3)25-16(23)21-12-14-5-6-15(21)18(11-14,13-22)19(24)7-9-20(4)10-8-19/h14-15,22,24H,5-13H2,1-4H3. The molecule has 1 aliphatic carbocycles. The number of carbonyl (C=O) groups excluding carboxylic acids is 1. The maximum Gasteiger partial charge on any atom is 0.410 e. The Morgan fingerprint density at radius 3 is 2.40 bits per heavy atom. The molecule has 3 heterocycles. The van der Waals surface area contributed by atoms with Crippen molar-refractivity contribution in [1.29, 1.82) is 0 Å². The molecule has 25 heavy (non-hydrogen) atoms. The van der Waals surface area contributed by atoms with Gasteiger partial charge in [0.05, 0.1) is 12.2 Å². The van der Waals surface area contributed by atoms with Gasteiger partial charge in [0.1, 0.15) is 5.60 Å². The number of likely N-dealkylation sites (tertiary alicyclic amines) is 1. The first-order valence-electron chi connectivity index (χ1n) is 9.62. The molecule has 6 nitrogen and oxygen atoms in total. The molecule has 0 spiro atoms. The minimum atomic E-state index is -0.918. The Kier molecular flexibility index (Phi) is 4.84. The Morgan fingerprint density at radius 2 is 1.88 bits per heavy atom. The Balaban J connectivity index is 1.88. The first-order valence-corrected chi connectivity index (χ1v) is 9.62. The predicted molar refractivity (Wildman–Crippen MR) is 95.3 cm³/mol. The highest BCUT2D eigenvalue weighted by atomic mass is 16.6. The predicted octanol–water partition coefficient (Wildman–Crippen LogP) is 1.84. The third kappa shape index (κ3) is 3.28. The van der Waals surface area contributed by atoms with Crippen LogP contribution in [0.2, 0.25) is 0 Å². The molecule has 4 fully saturated rings. The van der Waals surface area contributed by atoms with Gasteiger partial charge in [0.2, 0.25) is 0 Å². The number of ether oxygens (including phenoxy) is 1. The van der Waals surface area contributed by atoms with Gasteiger partial charge in [-0.15, -0.1) is 0 Å². The Bertz CT molecular complexity index is 510. The van der Waals surface area contributed by atoms with Crippen molar-refractivity contribution in [3.8, 4) is 0 Å². The smallest absolute Gasteiger partial charge is 0.410 e.